The maximum absolute atomic E-state index is 13.2. The fourth-order valence-electron chi connectivity index (χ4n) is 3.94. The van der Waals surface area contributed by atoms with Crippen LogP contribution in [0.15, 0.2) is 36.4 Å². The quantitative estimate of drug-likeness (QED) is 0.668. The van der Waals surface area contributed by atoms with E-state index < -0.39 is 0 Å². The van der Waals surface area contributed by atoms with E-state index in [2.05, 4.69) is 29.3 Å². The molecule has 1 aromatic heterocycles. The first-order valence-electron chi connectivity index (χ1n) is 9.81. The SMILES string of the molecule is C.Cc1cc(C)c(-c2n[nH]c(C)c2C)cc1C(=O)N1CC(c2ccc(C#N)cc2)C1. The van der Waals surface area contributed by atoms with Gasteiger partial charge in [-0.3, -0.25) is 9.89 Å². The standard InChI is InChI=1S/C24H24N4O.CH4/c1-14-9-15(2)22(10-21(14)23-16(3)17(4)26-27-23)24(29)28-12-20(13-28)19-7-5-18(11-25)6-8-19;/h5-10,20H,12-13H2,1-4H3,(H,26,27);1H4. The second-order valence-corrected chi connectivity index (χ2v) is 7.95. The molecule has 1 aliphatic heterocycles. The lowest BCUT2D eigenvalue weighted by atomic mass is 9.89. The first-order valence-corrected chi connectivity index (χ1v) is 9.81. The van der Waals surface area contributed by atoms with E-state index in [0.29, 0.717) is 24.6 Å². The molecule has 0 radical (unpaired) electrons. The van der Waals surface area contributed by atoms with Crippen LogP contribution in [0.1, 0.15) is 57.2 Å². The molecule has 0 spiro atoms. The summed E-state index contributed by atoms with van der Waals surface area (Å²) in [5.41, 5.74) is 8.75. The van der Waals surface area contributed by atoms with Crippen LogP contribution < -0.4 is 0 Å². The largest absolute Gasteiger partial charge is 0.337 e. The van der Waals surface area contributed by atoms with Crippen LogP contribution in [0.3, 0.4) is 0 Å². The van der Waals surface area contributed by atoms with Crippen LogP contribution in [0.25, 0.3) is 11.3 Å². The molecule has 1 aliphatic rings. The van der Waals surface area contributed by atoms with Crippen LogP contribution in [-0.2, 0) is 0 Å². The molecule has 0 aliphatic carbocycles. The van der Waals surface area contributed by atoms with Crippen LogP contribution in [0.5, 0.6) is 0 Å². The first-order chi connectivity index (χ1) is 13.9. The number of carbonyl (C=O) groups is 1. The normalized spacial score (nSPS) is 13.4. The van der Waals surface area contributed by atoms with Crippen LogP contribution in [-0.4, -0.2) is 34.1 Å². The molecule has 0 unspecified atom stereocenters. The number of nitriles is 1. The van der Waals surface area contributed by atoms with Crippen LogP contribution in [0.4, 0.5) is 0 Å². The Kier molecular flexibility index (Phi) is 5.80. The summed E-state index contributed by atoms with van der Waals surface area (Å²) in [4.78, 5) is 15.1. The summed E-state index contributed by atoms with van der Waals surface area (Å²) >= 11 is 0. The van der Waals surface area contributed by atoms with Crippen molar-refractivity contribution in [2.45, 2.75) is 41.0 Å². The number of likely N-dealkylation sites (tertiary alicyclic amines) is 1. The molecule has 0 atom stereocenters. The number of rotatable bonds is 3. The number of carbonyl (C=O) groups excluding carboxylic acids is 1. The number of hydrogen-bond acceptors (Lipinski definition) is 3. The highest BCUT2D eigenvalue weighted by atomic mass is 16.2. The van der Waals surface area contributed by atoms with Crippen molar-refractivity contribution in [3.8, 4) is 17.3 Å². The third kappa shape index (κ3) is 3.61. The van der Waals surface area contributed by atoms with E-state index >= 15 is 0 Å². The van der Waals surface area contributed by atoms with Gasteiger partial charge in [0.05, 0.1) is 17.3 Å². The summed E-state index contributed by atoms with van der Waals surface area (Å²) in [6.07, 6.45) is 0. The molecule has 5 nitrogen and oxygen atoms in total. The molecule has 1 N–H and O–H groups in total. The zero-order valence-corrected chi connectivity index (χ0v) is 17.2. The van der Waals surface area contributed by atoms with Gasteiger partial charge in [0.15, 0.2) is 0 Å². The number of aromatic nitrogens is 2. The molecule has 0 bridgehead atoms. The molecule has 30 heavy (non-hydrogen) atoms. The molecule has 0 saturated carbocycles. The number of hydrogen-bond donors (Lipinski definition) is 1. The van der Waals surface area contributed by atoms with Crippen molar-refractivity contribution < 1.29 is 4.79 Å². The minimum absolute atomic E-state index is 0. The monoisotopic (exact) mass is 400 g/mol. The molecule has 1 fully saturated rings. The van der Waals surface area contributed by atoms with Crippen molar-refractivity contribution in [2.24, 2.45) is 0 Å². The van der Waals surface area contributed by atoms with E-state index in [1.165, 1.54) is 5.56 Å². The van der Waals surface area contributed by atoms with Crippen LogP contribution in [0, 0.1) is 39.0 Å². The number of benzene rings is 2. The van der Waals surface area contributed by atoms with Gasteiger partial charge in [-0.25, -0.2) is 0 Å². The van der Waals surface area contributed by atoms with Gasteiger partial charge < -0.3 is 4.90 Å². The second-order valence-electron chi connectivity index (χ2n) is 7.95. The zero-order chi connectivity index (χ0) is 20.7. The molecule has 154 valence electrons. The lowest BCUT2D eigenvalue weighted by Crippen LogP contribution is -2.48. The van der Waals surface area contributed by atoms with E-state index in [1.807, 2.05) is 56.0 Å². The van der Waals surface area contributed by atoms with E-state index in [-0.39, 0.29) is 13.3 Å². The van der Waals surface area contributed by atoms with Crippen molar-refractivity contribution in [1.82, 2.24) is 15.1 Å². The smallest absolute Gasteiger partial charge is 0.254 e. The van der Waals surface area contributed by atoms with E-state index in [0.717, 1.165) is 39.2 Å². The Morgan fingerprint density at radius 3 is 2.33 bits per heavy atom. The lowest BCUT2D eigenvalue weighted by Gasteiger charge is -2.40. The second kappa shape index (κ2) is 8.16. The summed E-state index contributed by atoms with van der Waals surface area (Å²) in [5.74, 6) is 0.395. The van der Waals surface area contributed by atoms with Crippen LogP contribution >= 0.6 is 0 Å². The average Bonchev–Trinajstić information content (AvgIpc) is 3.00. The Hall–Kier alpha value is -3.39. The molecule has 1 saturated heterocycles. The van der Waals surface area contributed by atoms with Gasteiger partial charge in [-0.05, 0) is 68.1 Å². The van der Waals surface area contributed by atoms with Crippen molar-refractivity contribution in [3.05, 3.63) is 75.5 Å². The Balaban J connectivity index is 0.00000256. The van der Waals surface area contributed by atoms with Gasteiger partial charge in [0.1, 0.15) is 0 Å². The van der Waals surface area contributed by atoms with Gasteiger partial charge in [-0.15, -0.1) is 0 Å². The van der Waals surface area contributed by atoms with Crippen molar-refractivity contribution in [1.29, 1.82) is 5.26 Å². The molecule has 1 amide bonds. The summed E-state index contributed by atoms with van der Waals surface area (Å²) in [5, 5.41) is 16.4. The fraction of sp³-hybridized carbons (Fsp3) is 0.320. The highest BCUT2D eigenvalue weighted by Gasteiger charge is 2.33. The molecule has 4 rings (SSSR count). The Labute approximate surface area is 178 Å². The van der Waals surface area contributed by atoms with Crippen LogP contribution in [0.2, 0.25) is 0 Å². The number of aryl methyl sites for hydroxylation is 3. The van der Waals surface area contributed by atoms with E-state index in [9.17, 15) is 4.79 Å². The number of amides is 1. The first kappa shape index (κ1) is 21.3. The van der Waals surface area contributed by atoms with E-state index in [4.69, 9.17) is 5.26 Å². The molecule has 2 aromatic carbocycles. The van der Waals surface area contributed by atoms with Gasteiger partial charge in [-0.1, -0.05) is 25.6 Å². The van der Waals surface area contributed by atoms with Gasteiger partial charge in [0.2, 0.25) is 0 Å². The summed E-state index contributed by atoms with van der Waals surface area (Å²) in [6.45, 7) is 9.51. The highest BCUT2D eigenvalue weighted by Crippen LogP contribution is 2.32. The van der Waals surface area contributed by atoms with Crippen molar-refractivity contribution >= 4 is 5.91 Å². The van der Waals surface area contributed by atoms with Gasteiger partial charge in [-0.2, -0.15) is 10.4 Å². The summed E-state index contributed by atoms with van der Waals surface area (Å²) < 4.78 is 0. The molecule has 5 heteroatoms. The maximum atomic E-state index is 13.2. The number of nitrogens with one attached hydrogen (secondary N) is 1. The summed E-state index contributed by atoms with van der Waals surface area (Å²) in [6, 6.07) is 13.9. The van der Waals surface area contributed by atoms with Gasteiger partial charge in [0.25, 0.3) is 5.91 Å². The minimum atomic E-state index is 0. The molecular weight excluding hydrogens is 372 g/mol. The Morgan fingerprint density at radius 2 is 1.77 bits per heavy atom. The molecule has 3 aromatic rings. The molecule has 2 heterocycles. The Bertz CT molecular complexity index is 1130. The lowest BCUT2D eigenvalue weighted by molar-refractivity contribution is 0.0601. The topological polar surface area (TPSA) is 72.8 Å². The third-order valence-corrected chi connectivity index (χ3v) is 5.99. The number of nitrogens with zero attached hydrogens (tertiary/aromatic N) is 3. The third-order valence-electron chi connectivity index (χ3n) is 5.99. The zero-order valence-electron chi connectivity index (χ0n) is 17.2. The fourth-order valence-corrected chi connectivity index (χ4v) is 3.94. The molecular formula is C25H28N4O. The summed E-state index contributed by atoms with van der Waals surface area (Å²) in [7, 11) is 0. The number of aromatic amines is 1. The predicted molar refractivity (Wildman–Crippen MR) is 120 cm³/mol. The van der Waals surface area contributed by atoms with Crippen molar-refractivity contribution in [3.63, 3.8) is 0 Å². The van der Waals surface area contributed by atoms with E-state index in [1.54, 1.807) is 0 Å². The van der Waals surface area contributed by atoms with Gasteiger partial charge >= 0.3 is 0 Å². The van der Waals surface area contributed by atoms with Gasteiger partial charge in [0, 0.05) is 35.8 Å². The van der Waals surface area contributed by atoms with Crippen molar-refractivity contribution in [2.75, 3.05) is 13.1 Å². The highest BCUT2D eigenvalue weighted by molar-refractivity contribution is 5.98. The predicted octanol–water partition coefficient (Wildman–Crippen LogP) is 5.06. The minimum Gasteiger partial charge on any atom is -0.337 e. The number of H-pyrrole nitrogens is 1. The maximum Gasteiger partial charge on any atom is 0.254 e. The Morgan fingerprint density at radius 1 is 1.10 bits per heavy atom. The average molecular weight is 401 g/mol.